The van der Waals surface area contributed by atoms with Crippen molar-refractivity contribution < 1.29 is 19.4 Å². The fourth-order valence-corrected chi connectivity index (χ4v) is 3.22. The Morgan fingerprint density at radius 3 is 2.95 bits per heavy atom. The van der Waals surface area contributed by atoms with Crippen molar-refractivity contribution in [3.63, 3.8) is 0 Å². The van der Waals surface area contributed by atoms with E-state index in [9.17, 15) is 9.59 Å². The quantitative estimate of drug-likeness (QED) is 0.699. The Balaban J connectivity index is 2.02. The van der Waals surface area contributed by atoms with Crippen LogP contribution in [0.4, 0.5) is 0 Å². The lowest BCUT2D eigenvalue weighted by Gasteiger charge is -2.21. The first kappa shape index (κ1) is 15.9. The first-order valence-electron chi connectivity index (χ1n) is 6.98. The molecule has 0 radical (unpaired) electrons. The van der Waals surface area contributed by atoms with E-state index in [2.05, 4.69) is 10.6 Å². The molecule has 0 bridgehead atoms. The lowest BCUT2D eigenvalue weighted by atomic mass is 10.0. The summed E-state index contributed by atoms with van der Waals surface area (Å²) in [7, 11) is 0. The molecule has 6 nitrogen and oxygen atoms in total. The van der Waals surface area contributed by atoms with Gasteiger partial charge in [-0.15, -0.1) is 11.3 Å². The molecule has 2 rings (SSSR count). The third-order valence-corrected chi connectivity index (χ3v) is 4.45. The number of rotatable bonds is 7. The van der Waals surface area contributed by atoms with Gasteiger partial charge in [0.15, 0.2) is 0 Å². The van der Waals surface area contributed by atoms with Crippen molar-refractivity contribution in [3.05, 3.63) is 22.4 Å². The summed E-state index contributed by atoms with van der Waals surface area (Å²) in [6.45, 7) is 3.62. The minimum atomic E-state index is -0.931. The standard InChI is InChI=1S/C14H20N2O4S/c1-2-15-11-8-20-7-9(11)14(19)16-10(6-13(17)18)12-4-3-5-21-12/h3-5,9-11,15H,2,6-8H2,1H3,(H,16,19)(H,17,18). The Bertz CT molecular complexity index is 477. The Kier molecular flexibility index (Phi) is 5.72. The van der Waals surface area contributed by atoms with Crippen LogP contribution >= 0.6 is 11.3 Å². The van der Waals surface area contributed by atoms with Gasteiger partial charge in [-0.05, 0) is 18.0 Å². The van der Waals surface area contributed by atoms with Crippen LogP contribution in [0.25, 0.3) is 0 Å². The fraction of sp³-hybridized carbons (Fsp3) is 0.571. The molecule has 1 amide bonds. The first-order valence-corrected chi connectivity index (χ1v) is 7.86. The van der Waals surface area contributed by atoms with E-state index in [-0.39, 0.29) is 24.3 Å². The zero-order valence-electron chi connectivity index (χ0n) is 11.9. The van der Waals surface area contributed by atoms with Gasteiger partial charge in [0.2, 0.25) is 5.91 Å². The first-order chi connectivity index (χ1) is 10.1. The summed E-state index contributed by atoms with van der Waals surface area (Å²) in [5.41, 5.74) is 0. The smallest absolute Gasteiger partial charge is 0.305 e. The minimum Gasteiger partial charge on any atom is -0.481 e. The number of carbonyl (C=O) groups is 2. The maximum Gasteiger partial charge on any atom is 0.305 e. The van der Waals surface area contributed by atoms with Gasteiger partial charge in [-0.1, -0.05) is 13.0 Å². The molecule has 1 aliphatic heterocycles. The molecule has 21 heavy (non-hydrogen) atoms. The van der Waals surface area contributed by atoms with Crippen molar-refractivity contribution >= 4 is 23.2 Å². The predicted molar refractivity (Wildman–Crippen MR) is 79.2 cm³/mol. The van der Waals surface area contributed by atoms with E-state index in [1.54, 1.807) is 0 Å². The highest BCUT2D eigenvalue weighted by molar-refractivity contribution is 7.10. The van der Waals surface area contributed by atoms with Crippen LogP contribution < -0.4 is 10.6 Å². The van der Waals surface area contributed by atoms with E-state index in [1.807, 2.05) is 24.4 Å². The van der Waals surface area contributed by atoms with Crippen LogP contribution in [0.15, 0.2) is 17.5 Å². The monoisotopic (exact) mass is 312 g/mol. The second-order valence-electron chi connectivity index (χ2n) is 4.98. The van der Waals surface area contributed by atoms with Crippen LogP contribution in [0, 0.1) is 5.92 Å². The average Bonchev–Trinajstić information content (AvgIpc) is 3.08. The van der Waals surface area contributed by atoms with Crippen molar-refractivity contribution in [2.45, 2.75) is 25.4 Å². The van der Waals surface area contributed by atoms with Gasteiger partial charge in [0, 0.05) is 10.9 Å². The SMILES string of the molecule is CCNC1COCC1C(=O)NC(CC(=O)O)c1cccs1. The summed E-state index contributed by atoms with van der Waals surface area (Å²) < 4.78 is 5.36. The van der Waals surface area contributed by atoms with Crippen molar-refractivity contribution in [3.8, 4) is 0 Å². The molecule has 0 spiro atoms. The third-order valence-electron chi connectivity index (χ3n) is 3.47. The Morgan fingerprint density at radius 1 is 1.52 bits per heavy atom. The van der Waals surface area contributed by atoms with Crippen molar-refractivity contribution in [2.24, 2.45) is 5.92 Å². The highest BCUT2D eigenvalue weighted by Crippen LogP contribution is 2.23. The zero-order chi connectivity index (χ0) is 15.2. The van der Waals surface area contributed by atoms with E-state index in [1.165, 1.54) is 11.3 Å². The predicted octanol–water partition coefficient (Wildman–Crippen LogP) is 1.00. The maximum atomic E-state index is 12.4. The number of thiophene rings is 1. The summed E-state index contributed by atoms with van der Waals surface area (Å²) in [6, 6.07) is 3.19. The second kappa shape index (κ2) is 7.53. The number of carboxylic acids is 1. The molecule has 0 aromatic carbocycles. The summed E-state index contributed by atoms with van der Waals surface area (Å²) in [6.07, 6.45) is -0.119. The number of nitrogens with one attached hydrogen (secondary N) is 2. The lowest BCUT2D eigenvalue weighted by molar-refractivity contribution is -0.137. The highest BCUT2D eigenvalue weighted by Gasteiger charge is 2.34. The topological polar surface area (TPSA) is 87.7 Å². The van der Waals surface area contributed by atoms with Crippen LogP contribution in [0.5, 0.6) is 0 Å². The number of aliphatic carboxylic acids is 1. The molecule has 1 aromatic heterocycles. The number of ether oxygens (including phenoxy) is 1. The van der Waals surface area contributed by atoms with Gasteiger partial charge in [-0.25, -0.2) is 0 Å². The molecule has 3 unspecified atom stereocenters. The van der Waals surface area contributed by atoms with Crippen molar-refractivity contribution in [2.75, 3.05) is 19.8 Å². The van der Waals surface area contributed by atoms with Crippen molar-refractivity contribution in [1.82, 2.24) is 10.6 Å². The Hall–Kier alpha value is -1.44. The van der Waals surface area contributed by atoms with Gasteiger partial charge in [0.05, 0.1) is 31.6 Å². The van der Waals surface area contributed by atoms with E-state index in [4.69, 9.17) is 9.84 Å². The van der Waals surface area contributed by atoms with Crippen LogP contribution in [-0.4, -0.2) is 42.8 Å². The molecular formula is C14H20N2O4S. The van der Waals surface area contributed by atoms with Gasteiger partial charge < -0.3 is 20.5 Å². The summed E-state index contributed by atoms with van der Waals surface area (Å²) >= 11 is 1.44. The van der Waals surface area contributed by atoms with E-state index in [0.29, 0.717) is 13.2 Å². The number of carboxylic acid groups (broad SMARTS) is 1. The number of carbonyl (C=O) groups excluding carboxylic acids is 1. The van der Waals surface area contributed by atoms with Crippen LogP contribution in [0.1, 0.15) is 24.3 Å². The van der Waals surface area contributed by atoms with E-state index < -0.39 is 12.0 Å². The summed E-state index contributed by atoms with van der Waals surface area (Å²) in [5.74, 6) is -1.36. The Labute approximate surface area is 127 Å². The summed E-state index contributed by atoms with van der Waals surface area (Å²) in [4.78, 5) is 24.2. The molecule has 1 aromatic rings. The third kappa shape index (κ3) is 4.26. The molecule has 1 saturated heterocycles. The molecule has 0 saturated carbocycles. The molecule has 7 heteroatoms. The van der Waals surface area contributed by atoms with Gasteiger partial charge in [-0.2, -0.15) is 0 Å². The molecular weight excluding hydrogens is 292 g/mol. The minimum absolute atomic E-state index is 0.0104. The van der Waals surface area contributed by atoms with Crippen LogP contribution in [-0.2, 0) is 14.3 Å². The number of amides is 1. The fourth-order valence-electron chi connectivity index (χ4n) is 2.44. The number of hydrogen-bond donors (Lipinski definition) is 3. The van der Waals surface area contributed by atoms with Gasteiger partial charge in [0.25, 0.3) is 0 Å². The number of likely N-dealkylation sites (N-methyl/N-ethyl adjacent to an activating group) is 1. The second-order valence-corrected chi connectivity index (χ2v) is 5.96. The van der Waals surface area contributed by atoms with Gasteiger partial charge in [0.1, 0.15) is 0 Å². The summed E-state index contributed by atoms with van der Waals surface area (Å²) in [5, 5.41) is 17.0. The lowest BCUT2D eigenvalue weighted by Crippen LogP contribution is -2.45. The molecule has 2 heterocycles. The zero-order valence-corrected chi connectivity index (χ0v) is 12.7. The maximum absolute atomic E-state index is 12.4. The van der Waals surface area contributed by atoms with Crippen LogP contribution in [0.3, 0.4) is 0 Å². The van der Waals surface area contributed by atoms with Gasteiger partial charge in [-0.3, -0.25) is 9.59 Å². The normalized spacial score (nSPS) is 22.9. The largest absolute Gasteiger partial charge is 0.481 e. The van der Waals surface area contributed by atoms with Gasteiger partial charge >= 0.3 is 5.97 Å². The molecule has 0 aliphatic carbocycles. The average molecular weight is 312 g/mol. The number of hydrogen-bond acceptors (Lipinski definition) is 5. The van der Waals surface area contributed by atoms with Crippen LogP contribution in [0.2, 0.25) is 0 Å². The molecule has 1 fully saturated rings. The molecule has 3 atom stereocenters. The highest BCUT2D eigenvalue weighted by atomic mass is 32.1. The molecule has 3 N–H and O–H groups in total. The van der Waals surface area contributed by atoms with Crippen molar-refractivity contribution in [1.29, 1.82) is 0 Å². The van der Waals surface area contributed by atoms with E-state index >= 15 is 0 Å². The Morgan fingerprint density at radius 2 is 2.33 bits per heavy atom. The molecule has 1 aliphatic rings. The molecule has 116 valence electrons. The van der Waals surface area contributed by atoms with E-state index in [0.717, 1.165) is 11.4 Å².